The number of benzene rings is 2. The van der Waals surface area contributed by atoms with Crippen molar-refractivity contribution in [1.82, 2.24) is 15.0 Å². The fourth-order valence-electron chi connectivity index (χ4n) is 5.34. The molecule has 1 saturated heterocycles. The van der Waals surface area contributed by atoms with E-state index < -0.39 is 0 Å². The number of ether oxygens (including phenoxy) is 1. The van der Waals surface area contributed by atoms with E-state index in [1.807, 2.05) is 18.2 Å². The normalized spacial score (nSPS) is 15.1. The van der Waals surface area contributed by atoms with Gasteiger partial charge in [-0.1, -0.05) is 24.3 Å². The van der Waals surface area contributed by atoms with Gasteiger partial charge in [0.25, 0.3) is 5.91 Å². The average Bonchev–Trinajstić information content (AvgIpc) is 3.42. The van der Waals surface area contributed by atoms with Crippen molar-refractivity contribution < 1.29 is 14.6 Å². The summed E-state index contributed by atoms with van der Waals surface area (Å²) in [5.41, 5.74) is 11.2. The number of nitrogens with zero attached hydrogens (tertiary/aromatic N) is 4. The molecule has 3 heterocycles. The summed E-state index contributed by atoms with van der Waals surface area (Å²) >= 11 is 1.56. The largest absolute Gasteiger partial charge is 0.392 e. The molecule has 1 amide bonds. The third-order valence-corrected chi connectivity index (χ3v) is 8.65. The molecule has 2 aromatic heterocycles. The Morgan fingerprint density at radius 1 is 1.05 bits per heavy atom. The van der Waals surface area contributed by atoms with Crippen molar-refractivity contribution in [1.29, 1.82) is 0 Å². The number of rotatable bonds is 7. The minimum Gasteiger partial charge on any atom is -0.392 e. The first-order chi connectivity index (χ1) is 19.6. The number of aliphatic hydroxyl groups excluding tert-OH is 1. The number of aromatic nitrogens is 3. The lowest BCUT2D eigenvalue weighted by molar-refractivity contribution is 0.103. The number of nitrogens with one attached hydrogen (secondary N) is 1. The van der Waals surface area contributed by atoms with Crippen LogP contribution in [0.4, 0.5) is 17.3 Å². The van der Waals surface area contributed by atoms with Crippen molar-refractivity contribution in [3.05, 3.63) is 80.8 Å². The molecule has 9 nitrogen and oxygen atoms in total. The number of aliphatic hydroxyl groups is 1. The number of aryl methyl sites for hydroxylation is 2. The summed E-state index contributed by atoms with van der Waals surface area (Å²) in [5.74, 6) is 0.818. The molecule has 6 rings (SSSR count). The SMILES string of the molecule is Nc1nc(Cc2ccc(N3CCOCC3)cc2)nc(-c2cccc(NC(=O)c3cc4c(s3)CCCC4)c2CO)n1. The van der Waals surface area contributed by atoms with Crippen LogP contribution in [0.15, 0.2) is 48.5 Å². The van der Waals surface area contributed by atoms with Gasteiger partial charge < -0.3 is 25.8 Å². The number of fused-ring (bicyclic) bond motifs is 1. The van der Waals surface area contributed by atoms with E-state index in [1.165, 1.54) is 16.9 Å². The molecule has 0 radical (unpaired) electrons. The van der Waals surface area contributed by atoms with E-state index in [0.717, 1.165) is 56.8 Å². The highest BCUT2D eigenvalue weighted by atomic mass is 32.1. The number of hydrogen-bond acceptors (Lipinski definition) is 9. The van der Waals surface area contributed by atoms with Gasteiger partial charge in [0.1, 0.15) is 5.82 Å². The molecular formula is C30H32N6O3S. The maximum absolute atomic E-state index is 13.1. The lowest BCUT2D eigenvalue weighted by Crippen LogP contribution is -2.36. The maximum atomic E-state index is 13.1. The Labute approximate surface area is 237 Å². The van der Waals surface area contributed by atoms with E-state index in [2.05, 4.69) is 44.5 Å². The summed E-state index contributed by atoms with van der Waals surface area (Å²) in [6.45, 7) is 2.96. The first-order valence-electron chi connectivity index (χ1n) is 13.7. The Kier molecular flexibility index (Phi) is 7.72. The molecule has 206 valence electrons. The van der Waals surface area contributed by atoms with Crippen molar-refractivity contribution >= 4 is 34.6 Å². The van der Waals surface area contributed by atoms with E-state index >= 15 is 0 Å². The third-order valence-electron chi connectivity index (χ3n) is 7.42. The quantitative estimate of drug-likeness (QED) is 0.309. The van der Waals surface area contributed by atoms with Gasteiger partial charge in [-0.3, -0.25) is 4.79 Å². The molecule has 2 aromatic carbocycles. The molecule has 0 bridgehead atoms. The average molecular weight is 557 g/mol. The number of hydrogen-bond donors (Lipinski definition) is 3. The molecule has 4 N–H and O–H groups in total. The number of nitrogen functional groups attached to an aromatic ring is 1. The molecule has 1 aliphatic carbocycles. The second-order valence-corrected chi connectivity index (χ2v) is 11.2. The molecule has 40 heavy (non-hydrogen) atoms. The van der Waals surface area contributed by atoms with Crippen molar-refractivity contribution in [2.75, 3.05) is 42.3 Å². The molecule has 1 fully saturated rings. The van der Waals surface area contributed by atoms with Gasteiger partial charge in [-0.25, -0.2) is 4.98 Å². The Morgan fingerprint density at radius 2 is 1.85 bits per heavy atom. The Hall–Kier alpha value is -3.86. The maximum Gasteiger partial charge on any atom is 0.265 e. The summed E-state index contributed by atoms with van der Waals surface area (Å²) in [5, 5.41) is 13.3. The van der Waals surface area contributed by atoms with Crippen LogP contribution in [-0.2, 0) is 30.6 Å². The second kappa shape index (κ2) is 11.7. The van der Waals surface area contributed by atoms with Gasteiger partial charge in [-0.05, 0) is 61.1 Å². The van der Waals surface area contributed by atoms with Gasteiger partial charge in [-0.15, -0.1) is 11.3 Å². The highest BCUT2D eigenvalue weighted by molar-refractivity contribution is 7.14. The first-order valence-corrected chi connectivity index (χ1v) is 14.5. The summed E-state index contributed by atoms with van der Waals surface area (Å²) in [6.07, 6.45) is 4.88. The molecule has 10 heteroatoms. The van der Waals surface area contributed by atoms with E-state index in [1.54, 1.807) is 17.4 Å². The molecular weight excluding hydrogens is 524 g/mol. The summed E-state index contributed by atoms with van der Waals surface area (Å²) in [4.78, 5) is 30.8. The molecule has 4 aromatic rings. The lowest BCUT2D eigenvalue weighted by Gasteiger charge is -2.28. The predicted octanol–water partition coefficient (Wildman–Crippen LogP) is 4.23. The standard InChI is InChI=1S/C30H32N6O3S/c31-30-34-27(16-19-8-10-21(11-9-19)36-12-14-39-15-13-36)33-28(35-30)22-5-3-6-24(23(22)18-37)32-29(38)26-17-20-4-1-2-7-25(20)40-26/h3,5-6,8-11,17,37H,1-2,4,7,12-16,18H2,(H,32,38)(H2,31,33,34,35). The fourth-order valence-corrected chi connectivity index (χ4v) is 6.49. The number of carbonyl (C=O) groups is 1. The molecule has 0 spiro atoms. The molecule has 0 unspecified atom stereocenters. The Bertz CT molecular complexity index is 1490. The van der Waals surface area contributed by atoms with Crippen LogP contribution in [0.5, 0.6) is 0 Å². The Morgan fingerprint density at radius 3 is 2.62 bits per heavy atom. The monoisotopic (exact) mass is 556 g/mol. The third kappa shape index (κ3) is 5.70. The molecule has 1 aliphatic heterocycles. The number of morpholine rings is 1. The van der Waals surface area contributed by atoms with Gasteiger partial charge in [0.05, 0.1) is 24.7 Å². The van der Waals surface area contributed by atoms with Gasteiger partial charge in [0.15, 0.2) is 5.82 Å². The summed E-state index contributed by atoms with van der Waals surface area (Å²) in [6, 6.07) is 15.8. The van der Waals surface area contributed by atoms with E-state index in [-0.39, 0.29) is 18.5 Å². The lowest BCUT2D eigenvalue weighted by atomic mass is 9.99. The number of nitrogens with two attached hydrogens (primary N) is 1. The zero-order chi connectivity index (χ0) is 27.5. The minimum atomic E-state index is -0.295. The topological polar surface area (TPSA) is 126 Å². The van der Waals surface area contributed by atoms with Crippen LogP contribution in [0.25, 0.3) is 11.4 Å². The zero-order valence-electron chi connectivity index (χ0n) is 22.2. The van der Waals surface area contributed by atoms with Crippen LogP contribution in [-0.4, -0.2) is 52.3 Å². The van der Waals surface area contributed by atoms with Crippen molar-refractivity contribution in [2.45, 2.75) is 38.7 Å². The highest BCUT2D eigenvalue weighted by Crippen LogP contribution is 2.32. The second-order valence-electron chi connectivity index (χ2n) is 10.1. The Balaban J connectivity index is 1.23. The molecule has 0 saturated carbocycles. The molecule has 2 aliphatic rings. The summed E-state index contributed by atoms with van der Waals surface area (Å²) in [7, 11) is 0. The van der Waals surface area contributed by atoms with Crippen LogP contribution in [0.2, 0.25) is 0 Å². The van der Waals surface area contributed by atoms with Crippen molar-refractivity contribution in [2.24, 2.45) is 0 Å². The number of anilines is 3. The van der Waals surface area contributed by atoms with Crippen molar-refractivity contribution in [3.63, 3.8) is 0 Å². The van der Waals surface area contributed by atoms with Gasteiger partial charge >= 0.3 is 0 Å². The van der Waals surface area contributed by atoms with Crippen LogP contribution >= 0.6 is 11.3 Å². The number of carbonyl (C=O) groups excluding carboxylic acids is 1. The van der Waals surface area contributed by atoms with Crippen LogP contribution < -0.4 is 16.0 Å². The van der Waals surface area contributed by atoms with Gasteiger partial charge in [-0.2, -0.15) is 9.97 Å². The van der Waals surface area contributed by atoms with Crippen molar-refractivity contribution in [3.8, 4) is 11.4 Å². The number of amides is 1. The minimum absolute atomic E-state index is 0.104. The number of thiophene rings is 1. The van der Waals surface area contributed by atoms with Crippen LogP contribution in [0, 0.1) is 0 Å². The predicted molar refractivity (Wildman–Crippen MR) is 157 cm³/mol. The summed E-state index contributed by atoms with van der Waals surface area (Å²) < 4.78 is 5.45. The van der Waals surface area contributed by atoms with Crippen LogP contribution in [0.1, 0.15) is 49.9 Å². The van der Waals surface area contributed by atoms with E-state index in [0.29, 0.717) is 39.8 Å². The molecule has 0 atom stereocenters. The van der Waals surface area contributed by atoms with Crippen LogP contribution in [0.3, 0.4) is 0 Å². The smallest absolute Gasteiger partial charge is 0.265 e. The first kappa shape index (κ1) is 26.4. The fraction of sp³-hybridized carbons (Fsp3) is 0.333. The van der Waals surface area contributed by atoms with E-state index in [4.69, 9.17) is 15.5 Å². The highest BCUT2D eigenvalue weighted by Gasteiger charge is 2.20. The zero-order valence-corrected chi connectivity index (χ0v) is 23.0. The van der Waals surface area contributed by atoms with Gasteiger partial charge in [0, 0.05) is 46.9 Å². The van der Waals surface area contributed by atoms with Gasteiger partial charge in [0.2, 0.25) is 5.95 Å². The van der Waals surface area contributed by atoms with E-state index in [9.17, 15) is 9.90 Å².